The fourth-order valence-electron chi connectivity index (χ4n) is 5.57. The lowest BCUT2D eigenvalue weighted by molar-refractivity contribution is 0.0291. The van der Waals surface area contributed by atoms with Crippen molar-refractivity contribution in [2.45, 2.75) is 59.0 Å². The average Bonchev–Trinajstić information content (AvgIpc) is 2.79. The Hall–Kier alpha value is -0.0400. The molecule has 0 aromatic heterocycles. The standard InChI is InChI=1S/C15H26O/c1-9(2)11-6-5-10(3)15-8-7-14(4,16)13(15)12(11)15/h9-13,16H,5-8H2,1-4H3/t10-,11+,12?,13?,14+,15?/m1/s1. The number of aliphatic hydroxyl groups is 1. The summed E-state index contributed by atoms with van der Waals surface area (Å²) in [7, 11) is 0. The molecule has 3 fully saturated rings. The van der Waals surface area contributed by atoms with Crippen LogP contribution in [-0.2, 0) is 0 Å². The molecular formula is C15H26O. The van der Waals surface area contributed by atoms with Gasteiger partial charge in [-0.15, -0.1) is 0 Å². The Kier molecular flexibility index (Phi) is 2.11. The van der Waals surface area contributed by atoms with E-state index >= 15 is 0 Å². The monoisotopic (exact) mass is 222 g/mol. The molecular weight excluding hydrogens is 196 g/mol. The summed E-state index contributed by atoms with van der Waals surface area (Å²) < 4.78 is 0. The molecule has 0 aromatic rings. The average molecular weight is 222 g/mol. The van der Waals surface area contributed by atoms with Gasteiger partial charge in [0.1, 0.15) is 0 Å². The Labute approximate surface area is 99.6 Å². The molecule has 0 aromatic carbocycles. The van der Waals surface area contributed by atoms with Crippen molar-refractivity contribution in [3.8, 4) is 0 Å². The molecule has 3 aliphatic rings. The minimum absolute atomic E-state index is 0.351. The maximum Gasteiger partial charge on any atom is 0.0656 e. The van der Waals surface area contributed by atoms with E-state index in [1.807, 2.05) is 0 Å². The molecule has 1 N–H and O–H groups in total. The third kappa shape index (κ3) is 1.11. The van der Waals surface area contributed by atoms with Gasteiger partial charge in [0.25, 0.3) is 0 Å². The first kappa shape index (κ1) is 11.1. The summed E-state index contributed by atoms with van der Waals surface area (Å²) in [4.78, 5) is 0. The van der Waals surface area contributed by atoms with Gasteiger partial charge in [-0.25, -0.2) is 0 Å². The van der Waals surface area contributed by atoms with Gasteiger partial charge in [-0.05, 0) is 67.6 Å². The lowest BCUT2D eigenvalue weighted by Crippen LogP contribution is -2.30. The highest BCUT2D eigenvalue weighted by molar-refractivity contribution is 5.26. The Morgan fingerprint density at radius 1 is 1.19 bits per heavy atom. The van der Waals surface area contributed by atoms with Crippen molar-refractivity contribution >= 4 is 0 Å². The first-order valence-electron chi connectivity index (χ1n) is 7.13. The van der Waals surface area contributed by atoms with E-state index in [0.29, 0.717) is 11.3 Å². The smallest absolute Gasteiger partial charge is 0.0656 e. The predicted octanol–water partition coefficient (Wildman–Crippen LogP) is 3.47. The molecule has 3 rings (SSSR count). The molecule has 0 heterocycles. The molecule has 1 heteroatoms. The van der Waals surface area contributed by atoms with Crippen molar-refractivity contribution in [3.05, 3.63) is 0 Å². The van der Waals surface area contributed by atoms with E-state index < -0.39 is 0 Å². The van der Waals surface area contributed by atoms with Crippen LogP contribution in [0.5, 0.6) is 0 Å². The minimum atomic E-state index is -0.351. The van der Waals surface area contributed by atoms with E-state index in [0.717, 1.165) is 30.1 Å². The lowest BCUT2D eigenvalue weighted by Gasteiger charge is -2.36. The van der Waals surface area contributed by atoms with Gasteiger partial charge in [-0.3, -0.25) is 0 Å². The van der Waals surface area contributed by atoms with Crippen molar-refractivity contribution in [2.75, 3.05) is 0 Å². The molecule has 16 heavy (non-hydrogen) atoms. The first-order chi connectivity index (χ1) is 7.41. The summed E-state index contributed by atoms with van der Waals surface area (Å²) >= 11 is 0. The Morgan fingerprint density at radius 3 is 2.50 bits per heavy atom. The molecule has 3 aliphatic carbocycles. The molecule has 0 saturated heterocycles. The molecule has 92 valence electrons. The zero-order valence-electron chi connectivity index (χ0n) is 11.2. The first-order valence-corrected chi connectivity index (χ1v) is 7.13. The van der Waals surface area contributed by atoms with Crippen LogP contribution in [0.2, 0.25) is 0 Å². The largest absolute Gasteiger partial charge is 0.390 e. The molecule has 1 spiro atoms. The zero-order valence-corrected chi connectivity index (χ0v) is 11.2. The topological polar surface area (TPSA) is 20.2 Å². The normalized spacial score (nSPS) is 59.6. The second-order valence-electron chi connectivity index (χ2n) is 7.36. The number of rotatable bonds is 1. The van der Waals surface area contributed by atoms with Crippen LogP contribution in [0.3, 0.4) is 0 Å². The fourth-order valence-corrected chi connectivity index (χ4v) is 5.57. The lowest BCUT2D eigenvalue weighted by atomic mass is 9.69. The summed E-state index contributed by atoms with van der Waals surface area (Å²) in [6.07, 6.45) is 5.13. The van der Waals surface area contributed by atoms with Gasteiger partial charge in [0.2, 0.25) is 0 Å². The van der Waals surface area contributed by atoms with E-state index in [2.05, 4.69) is 27.7 Å². The van der Waals surface area contributed by atoms with Crippen molar-refractivity contribution < 1.29 is 5.11 Å². The van der Waals surface area contributed by atoms with Gasteiger partial charge in [0, 0.05) is 0 Å². The van der Waals surface area contributed by atoms with Crippen LogP contribution < -0.4 is 0 Å². The highest BCUT2D eigenvalue weighted by Gasteiger charge is 2.77. The van der Waals surface area contributed by atoms with Crippen LogP contribution in [0.1, 0.15) is 53.4 Å². The molecule has 0 aliphatic heterocycles. The summed E-state index contributed by atoms with van der Waals surface area (Å²) in [5, 5.41) is 10.5. The Morgan fingerprint density at radius 2 is 1.88 bits per heavy atom. The molecule has 0 bridgehead atoms. The molecule has 6 atom stereocenters. The van der Waals surface area contributed by atoms with E-state index in [9.17, 15) is 5.11 Å². The molecule has 3 saturated carbocycles. The van der Waals surface area contributed by atoms with Gasteiger partial charge >= 0.3 is 0 Å². The van der Waals surface area contributed by atoms with Crippen LogP contribution in [0.25, 0.3) is 0 Å². The van der Waals surface area contributed by atoms with Gasteiger partial charge < -0.3 is 5.11 Å². The Balaban J connectivity index is 1.92. The highest BCUT2D eigenvalue weighted by atomic mass is 16.3. The number of hydrogen-bond acceptors (Lipinski definition) is 1. The van der Waals surface area contributed by atoms with Crippen LogP contribution in [0.4, 0.5) is 0 Å². The molecule has 1 nitrogen and oxygen atoms in total. The van der Waals surface area contributed by atoms with E-state index in [1.165, 1.54) is 19.3 Å². The van der Waals surface area contributed by atoms with Crippen molar-refractivity contribution in [1.82, 2.24) is 0 Å². The van der Waals surface area contributed by atoms with Crippen molar-refractivity contribution in [3.63, 3.8) is 0 Å². The van der Waals surface area contributed by atoms with Gasteiger partial charge in [-0.1, -0.05) is 20.8 Å². The highest BCUT2D eigenvalue weighted by Crippen LogP contribution is 2.80. The van der Waals surface area contributed by atoms with Crippen LogP contribution in [0.15, 0.2) is 0 Å². The third-order valence-electron chi connectivity index (χ3n) is 6.35. The second kappa shape index (κ2) is 3.04. The Bertz CT molecular complexity index is 307. The SMILES string of the molecule is CC(C)[C@@H]1CC[C@@H](C)C23CC[C@](C)(O)C2C13. The zero-order chi connectivity index (χ0) is 11.7. The van der Waals surface area contributed by atoms with Gasteiger partial charge in [0.15, 0.2) is 0 Å². The molecule has 0 amide bonds. The second-order valence-corrected chi connectivity index (χ2v) is 7.36. The maximum absolute atomic E-state index is 10.5. The summed E-state index contributed by atoms with van der Waals surface area (Å²) in [5.74, 6) is 4.01. The predicted molar refractivity (Wildman–Crippen MR) is 66.0 cm³/mol. The summed E-state index contributed by atoms with van der Waals surface area (Å²) in [6, 6.07) is 0. The van der Waals surface area contributed by atoms with Crippen LogP contribution in [0, 0.1) is 35.0 Å². The van der Waals surface area contributed by atoms with E-state index in [-0.39, 0.29) is 5.60 Å². The fraction of sp³-hybridized carbons (Fsp3) is 1.00. The molecule has 0 radical (unpaired) electrons. The number of hydrogen-bond donors (Lipinski definition) is 1. The van der Waals surface area contributed by atoms with Gasteiger partial charge in [-0.2, -0.15) is 0 Å². The van der Waals surface area contributed by atoms with Crippen molar-refractivity contribution in [2.24, 2.45) is 35.0 Å². The number of fused-ring (bicyclic) bond motifs is 1. The van der Waals surface area contributed by atoms with Gasteiger partial charge in [0.05, 0.1) is 5.60 Å². The van der Waals surface area contributed by atoms with E-state index in [4.69, 9.17) is 0 Å². The quantitative estimate of drug-likeness (QED) is 0.720. The molecule has 3 unspecified atom stereocenters. The van der Waals surface area contributed by atoms with E-state index in [1.54, 1.807) is 0 Å². The summed E-state index contributed by atoms with van der Waals surface area (Å²) in [6.45, 7) is 9.27. The summed E-state index contributed by atoms with van der Waals surface area (Å²) in [5.41, 5.74) is 0.201. The maximum atomic E-state index is 10.5. The van der Waals surface area contributed by atoms with Crippen molar-refractivity contribution in [1.29, 1.82) is 0 Å². The van der Waals surface area contributed by atoms with Crippen LogP contribution in [-0.4, -0.2) is 10.7 Å². The van der Waals surface area contributed by atoms with Crippen LogP contribution >= 0.6 is 0 Å². The minimum Gasteiger partial charge on any atom is -0.390 e. The third-order valence-corrected chi connectivity index (χ3v) is 6.35.